The van der Waals surface area contributed by atoms with Gasteiger partial charge in [-0.05, 0) is 22.4 Å². The minimum absolute atomic E-state index is 0. The lowest BCUT2D eigenvalue weighted by Gasteiger charge is -1.99. The minimum Gasteiger partial charge on any atom is -1.00 e. The molecule has 0 saturated carbocycles. The van der Waals surface area contributed by atoms with E-state index >= 15 is 0 Å². The molecule has 0 radical (unpaired) electrons. The van der Waals surface area contributed by atoms with Gasteiger partial charge in [-0.25, -0.2) is 14.2 Å². The van der Waals surface area contributed by atoms with Crippen LogP contribution >= 0.6 is 0 Å². The van der Waals surface area contributed by atoms with Gasteiger partial charge in [0.2, 0.25) is 5.65 Å². The Balaban J connectivity index is 0.00000161. The van der Waals surface area contributed by atoms with Crippen molar-refractivity contribution in [3.05, 3.63) is 36.7 Å². The van der Waals surface area contributed by atoms with Crippen molar-refractivity contribution in [1.82, 2.24) is 15.3 Å². The summed E-state index contributed by atoms with van der Waals surface area (Å²) in [5, 5.41) is 16.0. The average Bonchev–Trinajstić information content (AvgIpc) is 2.93. The number of aryl methyl sites for hydroxylation is 1. The Morgan fingerprint density at radius 1 is 1.19 bits per heavy atom. The van der Waals surface area contributed by atoms with Crippen LogP contribution < -0.4 is 17.0 Å². The van der Waals surface area contributed by atoms with Crippen LogP contribution in [0.1, 0.15) is 6.42 Å². The van der Waals surface area contributed by atoms with Crippen LogP contribution in [0.4, 0.5) is 0 Å². The Kier molecular flexibility index (Phi) is 4.44. The number of nitrogens with zero attached hydrogens (tertiary/aromatic N) is 4. The molecule has 0 fully saturated rings. The quantitative estimate of drug-likeness (QED) is 0.563. The fraction of sp³-hybridized carbons (Fsp3) is 0.154. The molecular weight excluding hydrogens is 296 g/mol. The molecule has 7 nitrogen and oxygen atoms in total. The van der Waals surface area contributed by atoms with Gasteiger partial charge in [0.1, 0.15) is 6.42 Å². The number of hydrogen-bond acceptors (Lipinski definition) is 5. The summed E-state index contributed by atoms with van der Waals surface area (Å²) in [6.07, 6.45) is 3.75. The molecule has 21 heavy (non-hydrogen) atoms. The molecule has 0 aliphatic heterocycles. The third-order valence-corrected chi connectivity index (χ3v) is 2.89. The molecule has 3 heterocycles. The summed E-state index contributed by atoms with van der Waals surface area (Å²) < 4.78 is 6.42. The van der Waals surface area contributed by atoms with Gasteiger partial charge in [-0.15, -0.1) is 0 Å². The maximum Gasteiger partial charge on any atom is 0.309 e. The summed E-state index contributed by atoms with van der Waals surface area (Å²) >= 11 is 0. The maximum atomic E-state index is 10.5. The molecule has 108 valence electrons. The summed E-state index contributed by atoms with van der Waals surface area (Å²) in [5.41, 5.74) is 2.76. The van der Waals surface area contributed by atoms with Crippen molar-refractivity contribution >= 4 is 17.1 Å². The molecule has 3 aromatic rings. The topological polar surface area (TPSA) is 93.0 Å². The zero-order chi connectivity index (χ0) is 13.9. The van der Waals surface area contributed by atoms with E-state index in [0.29, 0.717) is 17.7 Å². The fourth-order valence-corrected chi connectivity index (χ4v) is 1.85. The Morgan fingerprint density at radius 2 is 1.95 bits per heavy atom. The van der Waals surface area contributed by atoms with Crippen molar-refractivity contribution in [1.29, 1.82) is 0 Å². The molecule has 0 saturated heterocycles. The van der Waals surface area contributed by atoms with Crippen LogP contribution in [0.5, 0.6) is 0 Å². The minimum atomic E-state index is -0.813. The number of carbonyl (C=O) groups is 1. The summed E-state index contributed by atoms with van der Waals surface area (Å²) in [5.74, 6) is -0.813. The molecule has 3 aromatic heterocycles. The van der Waals surface area contributed by atoms with E-state index < -0.39 is 5.97 Å². The largest absolute Gasteiger partial charge is 1.00 e. The van der Waals surface area contributed by atoms with Crippen molar-refractivity contribution in [2.75, 3.05) is 0 Å². The van der Waals surface area contributed by atoms with E-state index in [0.717, 1.165) is 11.3 Å². The Labute approximate surface area is 125 Å². The predicted molar refractivity (Wildman–Crippen MR) is 67.5 cm³/mol. The van der Waals surface area contributed by atoms with Crippen LogP contribution in [0.15, 0.2) is 41.3 Å². The first kappa shape index (κ1) is 14.9. The summed E-state index contributed by atoms with van der Waals surface area (Å²) in [4.78, 5) is 14.9. The van der Waals surface area contributed by atoms with Gasteiger partial charge in [-0.2, -0.15) is 0 Å². The fourth-order valence-electron chi connectivity index (χ4n) is 1.85. The van der Waals surface area contributed by atoms with Gasteiger partial charge in [-0.3, -0.25) is 4.79 Å². The number of pyridine rings is 2. The van der Waals surface area contributed by atoms with Crippen LogP contribution in [0, 0.1) is 0 Å². The van der Waals surface area contributed by atoms with E-state index in [1.165, 1.54) is 0 Å². The first-order valence-corrected chi connectivity index (χ1v) is 6.03. The van der Waals surface area contributed by atoms with E-state index in [1.54, 1.807) is 6.07 Å². The van der Waals surface area contributed by atoms with Crippen molar-refractivity contribution in [3.63, 3.8) is 0 Å². The van der Waals surface area contributed by atoms with Gasteiger partial charge < -0.3 is 17.5 Å². The van der Waals surface area contributed by atoms with Gasteiger partial charge >= 0.3 is 5.97 Å². The van der Waals surface area contributed by atoms with Gasteiger partial charge in [0.25, 0.3) is 0 Å². The van der Waals surface area contributed by atoms with Gasteiger partial charge in [0.15, 0.2) is 24.5 Å². The predicted octanol–water partition coefficient (Wildman–Crippen LogP) is -1.95. The van der Waals surface area contributed by atoms with E-state index in [4.69, 9.17) is 5.11 Å². The molecule has 0 aliphatic rings. The smallest absolute Gasteiger partial charge is 0.309 e. The zero-order valence-corrected chi connectivity index (χ0v) is 11.6. The second-order valence-electron chi connectivity index (χ2n) is 4.27. The number of rotatable bonds is 4. The molecule has 3 rings (SSSR count). The highest BCUT2D eigenvalue weighted by atomic mass is 35.5. The molecule has 0 atom stereocenters. The molecule has 8 heteroatoms. The third-order valence-electron chi connectivity index (χ3n) is 2.89. The van der Waals surface area contributed by atoms with Crippen LogP contribution in [-0.2, 0) is 11.3 Å². The Morgan fingerprint density at radius 3 is 2.67 bits per heavy atom. The lowest BCUT2D eigenvalue weighted by Crippen LogP contribution is -3.00. The SMILES string of the molecule is O=C(O)CC[n+]1ccc(-c2ccc3nonc3n2)cc1.[Cl-]. The lowest BCUT2D eigenvalue weighted by molar-refractivity contribution is -0.695. The van der Waals surface area contributed by atoms with Crippen LogP contribution in [0.25, 0.3) is 22.4 Å². The van der Waals surface area contributed by atoms with Gasteiger partial charge in [-0.1, -0.05) is 0 Å². The number of aromatic nitrogens is 4. The first-order chi connectivity index (χ1) is 9.72. The second kappa shape index (κ2) is 6.27. The standard InChI is InChI=1S/C13H10N4O3.ClH/c18-12(19)5-8-17-6-3-9(4-7-17)10-1-2-11-13(14-10)16-20-15-11;/h1-4,6-7H,5,8H2;1H. The average molecular weight is 307 g/mol. The van der Waals surface area contributed by atoms with Crippen LogP contribution in [-0.4, -0.2) is 26.4 Å². The number of hydrogen-bond donors (Lipinski definition) is 1. The maximum absolute atomic E-state index is 10.5. The number of halogens is 1. The number of aliphatic carboxylic acids is 1. The highest BCUT2D eigenvalue weighted by Gasteiger charge is 2.08. The second-order valence-corrected chi connectivity index (χ2v) is 4.27. The van der Waals surface area contributed by atoms with Crippen LogP contribution in [0.3, 0.4) is 0 Å². The third kappa shape index (κ3) is 3.32. The Hall–Kier alpha value is -2.54. The molecule has 0 bridgehead atoms. The first-order valence-electron chi connectivity index (χ1n) is 6.03. The van der Waals surface area contributed by atoms with Crippen molar-refractivity contribution in [3.8, 4) is 11.3 Å². The summed E-state index contributed by atoms with van der Waals surface area (Å²) in [7, 11) is 0. The summed E-state index contributed by atoms with van der Waals surface area (Å²) in [6, 6.07) is 7.39. The molecule has 1 N–H and O–H groups in total. The highest BCUT2D eigenvalue weighted by Crippen LogP contribution is 2.17. The van der Waals surface area contributed by atoms with E-state index in [1.807, 2.05) is 35.2 Å². The van der Waals surface area contributed by atoms with Gasteiger partial charge in [0.05, 0.1) is 5.69 Å². The summed E-state index contributed by atoms with van der Waals surface area (Å²) in [6.45, 7) is 0.440. The zero-order valence-electron chi connectivity index (χ0n) is 10.8. The van der Waals surface area contributed by atoms with Gasteiger partial charge in [0, 0.05) is 17.7 Å². The lowest BCUT2D eigenvalue weighted by atomic mass is 10.2. The van der Waals surface area contributed by atoms with Crippen molar-refractivity contribution in [2.45, 2.75) is 13.0 Å². The normalized spacial score (nSPS) is 10.3. The molecule has 0 amide bonds. The van der Waals surface area contributed by atoms with E-state index in [2.05, 4.69) is 19.9 Å². The highest BCUT2D eigenvalue weighted by molar-refractivity contribution is 5.73. The number of carboxylic acid groups (broad SMARTS) is 1. The van der Waals surface area contributed by atoms with Crippen molar-refractivity contribution in [2.24, 2.45) is 0 Å². The molecule has 0 aliphatic carbocycles. The molecule has 0 aromatic carbocycles. The van der Waals surface area contributed by atoms with Crippen molar-refractivity contribution < 1.29 is 31.5 Å². The van der Waals surface area contributed by atoms with E-state index in [9.17, 15) is 4.79 Å². The number of carboxylic acids is 1. The molecular formula is C13H11ClN4O3. The molecule has 0 unspecified atom stereocenters. The number of fused-ring (bicyclic) bond motifs is 1. The monoisotopic (exact) mass is 306 g/mol. The molecule has 0 spiro atoms. The Bertz CT molecular complexity index is 757. The van der Waals surface area contributed by atoms with Crippen LogP contribution in [0.2, 0.25) is 0 Å². The van der Waals surface area contributed by atoms with E-state index in [-0.39, 0.29) is 18.8 Å².